The van der Waals surface area contributed by atoms with E-state index < -0.39 is 10.0 Å². The summed E-state index contributed by atoms with van der Waals surface area (Å²) < 4.78 is 27.1. The summed E-state index contributed by atoms with van der Waals surface area (Å²) in [6, 6.07) is 11.5. The molecule has 2 heterocycles. The second-order valence-electron chi connectivity index (χ2n) is 6.48. The summed E-state index contributed by atoms with van der Waals surface area (Å²) in [4.78, 5) is 18.9. The second kappa shape index (κ2) is 8.16. The second-order valence-corrected chi connectivity index (χ2v) is 8.42. The van der Waals surface area contributed by atoms with E-state index in [0.717, 1.165) is 25.3 Å². The molecule has 0 atom stereocenters. The van der Waals surface area contributed by atoms with Gasteiger partial charge >= 0.3 is 0 Å². The number of aromatic nitrogens is 1. The number of benzene rings is 1. The first-order valence-corrected chi connectivity index (χ1v) is 10.4. The summed E-state index contributed by atoms with van der Waals surface area (Å²) in [5.41, 5.74) is 1.60. The van der Waals surface area contributed by atoms with Gasteiger partial charge in [0.05, 0.1) is 4.90 Å². The lowest BCUT2D eigenvalue weighted by Crippen LogP contribution is -2.48. The van der Waals surface area contributed by atoms with Crippen LogP contribution in [0.1, 0.15) is 23.1 Å². The van der Waals surface area contributed by atoms with E-state index in [1.165, 1.54) is 16.4 Å². The van der Waals surface area contributed by atoms with Gasteiger partial charge in [-0.25, -0.2) is 13.4 Å². The van der Waals surface area contributed by atoms with Gasteiger partial charge in [0.1, 0.15) is 5.69 Å². The molecule has 1 amide bonds. The molecule has 8 heteroatoms. The molecule has 1 saturated heterocycles. The van der Waals surface area contributed by atoms with Gasteiger partial charge in [0.15, 0.2) is 0 Å². The first kappa shape index (κ1) is 19.5. The summed E-state index contributed by atoms with van der Waals surface area (Å²) in [7, 11) is -3.52. The van der Waals surface area contributed by atoms with Crippen molar-refractivity contribution in [1.29, 1.82) is 0 Å². The lowest BCUT2D eigenvalue weighted by atomic mass is 10.2. The van der Waals surface area contributed by atoms with E-state index in [9.17, 15) is 13.2 Å². The van der Waals surface area contributed by atoms with Crippen molar-refractivity contribution in [1.82, 2.24) is 14.2 Å². The van der Waals surface area contributed by atoms with Crippen LogP contribution in [-0.2, 0) is 10.0 Å². The van der Waals surface area contributed by atoms with Crippen molar-refractivity contribution < 1.29 is 13.2 Å². The van der Waals surface area contributed by atoms with Crippen molar-refractivity contribution in [3.8, 4) is 0 Å². The molecule has 0 unspecified atom stereocenters. The van der Waals surface area contributed by atoms with Gasteiger partial charge in [-0.2, -0.15) is 4.31 Å². The molecule has 1 aromatic carbocycles. The standard InChI is InChI=1S/C19H24N4O3S/c1-3-22-11-13-23(14-12-22)27(25,26)17-9-7-16(8-10-17)21-19(24)18-6-4-5-15(2)20-18/h4-10H,3,11-14H2,1-2H3,(H,21,24). The number of sulfonamides is 1. The number of piperazine rings is 1. The predicted octanol–water partition coefficient (Wildman–Crippen LogP) is 1.97. The molecule has 1 aliphatic rings. The Hall–Kier alpha value is -2.29. The van der Waals surface area contributed by atoms with E-state index >= 15 is 0 Å². The van der Waals surface area contributed by atoms with E-state index in [-0.39, 0.29) is 10.8 Å². The van der Waals surface area contributed by atoms with Crippen LogP contribution in [0.5, 0.6) is 0 Å². The SMILES string of the molecule is CCN1CCN(S(=O)(=O)c2ccc(NC(=O)c3cccc(C)n3)cc2)CC1. The number of likely N-dealkylation sites (N-methyl/N-ethyl adjacent to an activating group) is 1. The van der Waals surface area contributed by atoms with Crippen LogP contribution < -0.4 is 5.32 Å². The van der Waals surface area contributed by atoms with E-state index in [2.05, 4.69) is 22.1 Å². The number of hydrogen-bond donors (Lipinski definition) is 1. The maximum Gasteiger partial charge on any atom is 0.274 e. The van der Waals surface area contributed by atoms with E-state index in [1.807, 2.05) is 13.0 Å². The Bertz CT molecular complexity index is 905. The van der Waals surface area contributed by atoms with Crippen LogP contribution in [-0.4, -0.2) is 61.2 Å². The number of rotatable bonds is 5. The summed E-state index contributed by atoms with van der Waals surface area (Å²) in [5, 5.41) is 2.74. The smallest absolute Gasteiger partial charge is 0.274 e. The normalized spacial score (nSPS) is 16.2. The van der Waals surface area contributed by atoms with Crippen LogP contribution in [0, 0.1) is 6.92 Å². The number of hydrogen-bond acceptors (Lipinski definition) is 5. The topological polar surface area (TPSA) is 82.6 Å². The maximum absolute atomic E-state index is 12.8. The Labute approximate surface area is 160 Å². The maximum atomic E-state index is 12.8. The molecule has 144 valence electrons. The van der Waals surface area contributed by atoms with Crippen LogP contribution in [0.3, 0.4) is 0 Å². The number of amides is 1. The summed E-state index contributed by atoms with van der Waals surface area (Å²) >= 11 is 0. The van der Waals surface area contributed by atoms with Gasteiger partial charge in [-0.1, -0.05) is 13.0 Å². The molecule has 1 aromatic heterocycles. The molecule has 1 aliphatic heterocycles. The van der Waals surface area contributed by atoms with Gasteiger partial charge in [0.25, 0.3) is 5.91 Å². The number of anilines is 1. The van der Waals surface area contributed by atoms with Crippen molar-refractivity contribution in [2.24, 2.45) is 0 Å². The summed E-state index contributed by atoms with van der Waals surface area (Å²) in [6.07, 6.45) is 0. The molecule has 7 nitrogen and oxygen atoms in total. The van der Waals surface area contributed by atoms with Crippen molar-refractivity contribution >= 4 is 21.6 Å². The van der Waals surface area contributed by atoms with Crippen molar-refractivity contribution in [2.75, 3.05) is 38.0 Å². The molecule has 0 radical (unpaired) electrons. The number of nitrogens with one attached hydrogen (secondary N) is 1. The van der Waals surface area contributed by atoms with E-state index in [1.54, 1.807) is 24.3 Å². The molecule has 1 N–H and O–H groups in total. The lowest BCUT2D eigenvalue weighted by Gasteiger charge is -2.33. The zero-order chi connectivity index (χ0) is 19.4. The number of carbonyl (C=O) groups excluding carboxylic acids is 1. The van der Waals surface area contributed by atoms with Crippen LogP contribution in [0.4, 0.5) is 5.69 Å². The zero-order valence-corrected chi connectivity index (χ0v) is 16.4. The predicted molar refractivity (Wildman–Crippen MR) is 104 cm³/mol. The first-order valence-electron chi connectivity index (χ1n) is 8.97. The zero-order valence-electron chi connectivity index (χ0n) is 15.6. The largest absolute Gasteiger partial charge is 0.321 e. The number of carbonyl (C=O) groups is 1. The molecule has 27 heavy (non-hydrogen) atoms. The monoisotopic (exact) mass is 388 g/mol. The fourth-order valence-electron chi connectivity index (χ4n) is 3.01. The van der Waals surface area contributed by atoms with E-state index in [4.69, 9.17) is 0 Å². The Morgan fingerprint density at radius 1 is 1.07 bits per heavy atom. The molecule has 1 fully saturated rings. The van der Waals surface area contributed by atoms with Gasteiger partial charge in [-0.15, -0.1) is 0 Å². The summed E-state index contributed by atoms with van der Waals surface area (Å²) in [5.74, 6) is -0.329. The van der Waals surface area contributed by atoms with Gasteiger partial charge in [-0.05, 0) is 49.9 Å². The minimum Gasteiger partial charge on any atom is -0.321 e. The number of aryl methyl sites for hydroxylation is 1. The highest BCUT2D eigenvalue weighted by Crippen LogP contribution is 2.20. The Morgan fingerprint density at radius 3 is 2.33 bits per heavy atom. The number of pyridine rings is 1. The van der Waals surface area contributed by atoms with Crippen LogP contribution in [0.15, 0.2) is 47.4 Å². The van der Waals surface area contributed by atoms with Crippen molar-refractivity contribution in [3.63, 3.8) is 0 Å². The van der Waals surface area contributed by atoms with Gasteiger partial charge < -0.3 is 10.2 Å². The summed E-state index contributed by atoms with van der Waals surface area (Å²) in [6.45, 7) is 7.29. The first-order chi connectivity index (χ1) is 12.9. The lowest BCUT2D eigenvalue weighted by molar-refractivity contribution is 0.102. The molecule has 3 rings (SSSR count). The van der Waals surface area contributed by atoms with E-state index in [0.29, 0.717) is 24.5 Å². The quantitative estimate of drug-likeness (QED) is 0.847. The van der Waals surface area contributed by atoms with Crippen LogP contribution in [0.2, 0.25) is 0 Å². The van der Waals surface area contributed by atoms with Crippen molar-refractivity contribution in [2.45, 2.75) is 18.7 Å². The highest BCUT2D eigenvalue weighted by molar-refractivity contribution is 7.89. The average Bonchev–Trinajstić information content (AvgIpc) is 2.68. The van der Waals surface area contributed by atoms with Gasteiger partial charge in [0.2, 0.25) is 10.0 Å². The number of nitrogens with zero attached hydrogens (tertiary/aromatic N) is 3. The average molecular weight is 388 g/mol. The molecular weight excluding hydrogens is 364 g/mol. The van der Waals surface area contributed by atoms with Crippen LogP contribution >= 0.6 is 0 Å². The van der Waals surface area contributed by atoms with Gasteiger partial charge in [-0.3, -0.25) is 4.79 Å². The molecule has 0 bridgehead atoms. The fraction of sp³-hybridized carbons (Fsp3) is 0.368. The molecule has 2 aromatic rings. The minimum atomic E-state index is -3.52. The molecule has 0 aliphatic carbocycles. The minimum absolute atomic E-state index is 0.235. The third-order valence-electron chi connectivity index (χ3n) is 4.65. The Kier molecular flexibility index (Phi) is 5.88. The molecule has 0 saturated carbocycles. The third-order valence-corrected chi connectivity index (χ3v) is 6.56. The Balaban J connectivity index is 1.68. The van der Waals surface area contributed by atoms with Crippen molar-refractivity contribution in [3.05, 3.63) is 53.9 Å². The fourth-order valence-corrected chi connectivity index (χ4v) is 4.43. The van der Waals surface area contributed by atoms with Gasteiger partial charge in [0, 0.05) is 37.6 Å². The molecular formula is C19H24N4O3S. The Morgan fingerprint density at radius 2 is 1.74 bits per heavy atom. The molecule has 0 spiro atoms. The highest BCUT2D eigenvalue weighted by atomic mass is 32.2. The highest BCUT2D eigenvalue weighted by Gasteiger charge is 2.27. The third kappa shape index (κ3) is 4.52. The van der Waals surface area contributed by atoms with Crippen LogP contribution in [0.25, 0.3) is 0 Å².